The average Bonchev–Trinajstić information content (AvgIpc) is 2.93. The maximum atomic E-state index is 11.0. The first kappa shape index (κ1) is 34.3. The number of allylic oxidation sites excluding steroid dienone is 1. The fourth-order valence-electron chi connectivity index (χ4n) is 4.77. The molecule has 3 nitrogen and oxygen atoms in total. The van der Waals surface area contributed by atoms with Crippen LogP contribution in [0.2, 0.25) is 23.2 Å². The summed E-state index contributed by atoms with van der Waals surface area (Å²) in [7, 11) is -4.47. The van der Waals surface area contributed by atoms with Crippen LogP contribution in [-0.2, 0) is 8.85 Å². The number of aliphatic hydroxyl groups excluding tert-OH is 1. The van der Waals surface area contributed by atoms with Crippen molar-refractivity contribution in [1.29, 1.82) is 0 Å². The fourth-order valence-corrected chi connectivity index (χ4v) is 11.3. The van der Waals surface area contributed by atoms with Gasteiger partial charge < -0.3 is 14.0 Å². The predicted molar refractivity (Wildman–Crippen MR) is 187 cm³/mol. The van der Waals surface area contributed by atoms with Gasteiger partial charge in [0.05, 0.1) is 12.7 Å². The van der Waals surface area contributed by atoms with Crippen LogP contribution in [-0.4, -0.2) is 41.1 Å². The third kappa shape index (κ3) is 9.15. The lowest BCUT2D eigenvalue weighted by Crippen LogP contribution is -2.66. The van der Waals surface area contributed by atoms with Gasteiger partial charge in [0.15, 0.2) is 8.32 Å². The van der Waals surface area contributed by atoms with Crippen LogP contribution in [0.4, 0.5) is 0 Å². The van der Waals surface area contributed by atoms with Crippen LogP contribution in [0.3, 0.4) is 0 Å². The molecule has 0 aliphatic rings. The summed E-state index contributed by atoms with van der Waals surface area (Å²) in [5.74, 6) is 0. The van der Waals surface area contributed by atoms with Gasteiger partial charge in [-0.05, 0) is 58.2 Å². The summed E-state index contributed by atoms with van der Waals surface area (Å²) < 4.78 is 13.4. The zero-order valence-electron chi connectivity index (χ0n) is 26.8. The highest BCUT2D eigenvalue weighted by molar-refractivity contribution is 8.03. The van der Waals surface area contributed by atoms with Crippen molar-refractivity contribution in [1.82, 2.24) is 0 Å². The van der Waals surface area contributed by atoms with E-state index in [1.54, 1.807) is 11.8 Å². The molecule has 1 N–H and O–H groups in total. The van der Waals surface area contributed by atoms with Crippen molar-refractivity contribution in [3.8, 4) is 0 Å². The molecule has 0 amide bonds. The number of rotatable bonds is 13. The third-order valence-corrected chi connectivity index (χ3v) is 18.7. The topological polar surface area (TPSA) is 38.7 Å². The van der Waals surface area contributed by atoms with Crippen molar-refractivity contribution >= 4 is 38.8 Å². The molecule has 0 saturated carbocycles. The number of hydrogen-bond acceptors (Lipinski definition) is 4. The quantitative estimate of drug-likeness (QED) is 0.118. The van der Waals surface area contributed by atoms with Crippen molar-refractivity contribution in [2.24, 2.45) is 0 Å². The van der Waals surface area contributed by atoms with E-state index in [1.807, 2.05) is 24.3 Å². The van der Waals surface area contributed by atoms with Crippen LogP contribution < -0.4 is 10.4 Å². The Bertz CT molecular complexity index is 1240. The summed E-state index contributed by atoms with van der Waals surface area (Å²) in [5, 5.41) is 13.6. The van der Waals surface area contributed by atoms with Crippen LogP contribution >= 0.6 is 11.8 Å². The highest BCUT2D eigenvalue weighted by Gasteiger charge is 2.49. The Hall–Kier alpha value is -2.20. The molecule has 0 spiro atoms. The van der Waals surface area contributed by atoms with E-state index in [4.69, 9.17) is 8.85 Å². The van der Waals surface area contributed by atoms with Crippen molar-refractivity contribution in [2.45, 2.75) is 82.1 Å². The normalized spacial score (nSPS) is 14.4. The zero-order valence-corrected chi connectivity index (χ0v) is 29.6. The molecular formula is C36H50O3SSi2. The Morgan fingerprint density at radius 2 is 1.26 bits per heavy atom. The molecule has 226 valence electrons. The smallest absolute Gasteiger partial charge is 0.261 e. The van der Waals surface area contributed by atoms with Crippen molar-refractivity contribution in [2.75, 3.05) is 13.2 Å². The first-order chi connectivity index (χ1) is 19.8. The molecule has 0 aliphatic carbocycles. The molecule has 1 atom stereocenters. The third-order valence-electron chi connectivity index (χ3n) is 8.11. The van der Waals surface area contributed by atoms with Gasteiger partial charge in [0, 0.05) is 16.4 Å². The van der Waals surface area contributed by atoms with E-state index in [9.17, 15) is 5.11 Å². The van der Waals surface area contributed by atoms with Gasteiger partial charge in [-0.15, -0.1) is 0 Å². The Kier molecular flexibility index (Phi) is 12.2. The maximum Gasteiger partial charge on any atom is 0.261 e. The number of thioether (sulfide) groups is 1. The molecule has 0 radical (unpaired) electrons. The van der Waals surface area contributed by atoms with Crippen LogP contribution in [0, 0.1) is 0 Å². The minimum atomic E-state index is -2.62. The van der Waals surface area contributed by atoms with Crippen LogP contribution in [0.5, 0.6) is 0 Å². The molecule has 0 saturated heterocycles. The second-order valence-corrected chi connectivity index (χ2v) is 23.6. The van der Waals surface area contributed by atoms with Crippen molar-refractivity contribution in [3.63, 3.8) is 0 Å². The zero-order chi connectivity index (χ0) is 30.9. The SMILES string of the molecule is CC(C)(C)[Si](C)(C)OCCC(O)/C=C(/C=C/CO[Si](c1ccccc1)(c1ccccc1)C(C)(C)C)Sc1ccccc1. The van der Waals surface area contributed by atoms with E-state index in [0.717, 1.165) is 9.80 Å². The van der Waals surface area contributed by atoms with Crippen LogP contribution in [0.25, 0.3) is 0 Å². The molecule has 3 aromatic carbocycles. The van der Waals surface area contributed by atoms with E-state index >= 15 is 0 Å². The Labute approximate surface area is 261 Å². The monoisotopic (exact) mass is 618 g/mol. The second-order valence-electron chi connectivity index (χ2n) is 13.3. The molecular weight excluding hydrogens is 569 g/mol. The van der Waals surface area contributed by atoms with Crippen LogP contribution in [0.1, 0.15) is 48.0 Å². The highest BCUT2D eigenvalue weighted by atomic mass is 32.2. The van der Waals surface area contributed by atoms with E-state index in [-0.39, 0.29) is 10.1 Å². The van der Waals surface area contributed by atoms with E-state index in [1.165, 1.54) is 10.4 Å². The molecule has 0 bridgehead atoms. The lowest BCUT2D eigenvalue weighted by Gasteiger charge is -2.42. The molecule has 42 heavy (non-hydrogen) atoms. The average molecular weight is 619 g/mol. The minimum Gasteiger partial charge on any atom is -0.417 e. The van der Waals surface area contributed by atoms with Gasteiger partial charge in [0.1, 0.15) is 0 Å². The molecule has 3 aromatic rings. The molecule has 0 aromatic heterocycles. The van der Waals surface area contributed by atoms with Gasteiger partial charge in [-0.2, -0.15) is 0 Å². The first-order valence-electron chi connectivity index (χ1n) is 14.9. The Balaban J connectivity index is 1.83. The van der Waals surface area contributed by atoms with Crippen LogP contribution in [0.15, 0.2) is 119 Å². The van der Waals surface area contributed by atoms with Crippen molar-refractivity contribution < 1.29 is 14.0 Å². The van der Waals surface area contributed by atoms with Gasteiger partial charge in [-0.3, -0.25) is 0 Å². The Morgan fingerprint density at radius 3 is 1.74 bits per heavy atom. The predicted octanol–water partition coefficient (Wildman–Crippen LogP) is 8.57. The van der Waals surface area contributed by atoms with Gasteiger partial charge in [-0.1, -0.05) is 144 Å². The van der Waals surface area contributed by atoms with Gasteiger partial charge in [0.25, 0.3) is 8.32 Å². The molecule has 0 aliphatic heterocycles. The summed E-state index contributed by atoms with van der Waals surface area (Å²) in [5.41, 5.74) is 0. The molecule has 3 rings (SSSR count). The summed E-state index contributed by atoms with van der Waals surface area (Å²) in [6.45, 7) is 19.1. The second kappa shape index (κ2) is 15.0. The number of hydrogen-bond donors (Lipinski definition) is 1. The maximum absolute atomic E-state index is 11.0. The van der Waals surface area contributed by atoms with Gasteiger partial charge in [-0.25, -0.2) is 0 Å². The molecule has 0 heterocycles. The fraction of sp³-hybridized carbons (Fsp3) is 0.389. The molecule has 0 fully saturated rings. The minimum absolute atomic E-state index is 0.0820. The highest BCUT2D eigenvalue weighted by Crippen LogP contribution is 2.38. The molecule has 1 unspecified atom stereocenters. The van der Waals surface area contributed by atoms with E-state index in [0.29, 0.717) is 19.6 Å². The lowest BCUT2D eigenvalue weighted by atomic mass is 10.2. The van der Waals surface area contributed by atoms with Gasteiger partial charge in [0.2, 0.25) is 0 Å². The summed E-state index contributed by atoms with van der Waals surface area (Å²) in [4.78, 5) is 2.12. The van der Waals surface area contributed by atoms with E-state index in [2.05, 4.69) is 140 Å². The standard InChI is InChI=1S/C36H50O3SSi2/c1-35(2,3)41(7,8)38-28-26-30(37)29-32(40-31-19-12-9-13-20-31)21-18-27-39-42(36(4,5)6,33-22-14-10-15-23-33)34-24-16-11-17-25-34/h9-25,29-30,37H,26-28H2,1-8H3/b21-18+,32-29-. The van der Waals surface area contributed by atoms with Crippen molar-refractivity contribution in [3.05, 3.63) is 114 Å². The van der Waals surface area contributed by atoms with E-state index < -0.39 is 22.7 Å². The largest absolute Gasteiger partial charge is 0.417 e. The summed E-state index contributed by atoms with van der Waals surface area (Å²) in [6.07, 6.45) is 6.11. The Morgan fingerprint density at radius 1 is 0.762 bits per heavy atom. The lowest BCUT2D eigenvalue weighted by molar-refractivity contribution is 0.172. The molecule has 6 heteroatoms. The number of aliphatic hydroxyl groups is 1. The number of benzene rings is 3. The first-order valence-corrected chi connectivity index (χ1v) is 20.6. The van der Waals surface area contributed by atoms with Gasteiger partial charge >= 0.3 is 0 Å². The summed E-state index contributed by atoms with van der Waals surface area (Å²) >= 11 is 1.65. The summed E-state index contributed by atoms with van der Waals surface area (Å²) in [6, 6.07) is 31.7.